The molecule has 2 aromatic heterocycles. The van der Waals surface area contributed by atoms with Crippen LogP contribution in [0.1, 0.15) is 29.3 Å². The third kappa shape index (κ3) is 2.88. The van der Waals surface area contributed by atoms with E-state index in [1.54, 1.807) is 18.5 Å². The van der Waals surface area contributed by atoms with E-state index in [-0.39, 0.29) is 0 Å². The molecule has 20 heavy (non-hydrogen) atoms. The van der Waals surface area contributed by atoms with Gasteiger partial charge in [-0.3, -0.25) is 4.72 Å². The summed E-state index contributed by atoms with van der Waals surface area (Å²) in [5.74, 6) is 0.533. The van der Waals surface area contributed by atoms with Crippen LogP contribution in [0, 0.1) is 0 Å². The Balaban J connectivity index is 1.81. The molecule has 5 nitrogen and oxygen atoms in total. The Hall–Kier alpha value is -0.960. The van der Waals surface area contributed by atoms with Crippen LogP contribution in [0.4, 0.5) is 5.13 Å². The highest BCUT2D eigenvalue weighted by atomic mass is 32.2. The van der Waals surface area contributed by atoms with E-state index in [4.69, 9.17) is 0 Å². The predicted molar refractivity (Wildman–Crippen MR) is 82.0 cm³/mol. The summed E-state index contributed by atoms with van der Waals surface area (Å²) in [6, 6.07) is 1.63. The normalized spacial score (nSPS) is 15.4. The Bertz CT molecular complexity index is 701. The van der Waals surface area contributed by atoms with Crippen LogP contribution in [-0.4, -0.2) is 20.4 Å². The second-order valence-corrected chi connectivity index (χ2v) is 8.21. The van der Waals surface area contributed by atoms with E-state index in [0.29, 0.717) is 22.5 Å². The molecule has 0 saturated heterocycles. The maximum absolute atomic E-state index is 12.4. The fourth-order valence-corrected chi connectivity index (χ4v) is 5.43. The van der Waals surface area contributed by atoms with Gasteiger partial charge >= 0.3 is 0 Å². The van der Waals surface area contributed by atoms with Crippen molar-refractivity contribution in [3.8, 4) is 0 Å². The molecule has 0 unspecified atom stereocenters. The second-order valence-electron chi connectivity index (χ2n) is 4.70. The number of nitrogens with zero attached hydrogens (tertiary/aromatic N) is 1. The number of anilines is 1. The average molecular weight is 329 g/mol. The first-order valence-corrected chi connectivity index (χ1v) is 9.53. The van der Waals surface area contributed by atoms with E-state index in [9.17, 15) is 8.42 Å². The van der Waals surface area contributed by atoms with E-state index >= 15 is 0 Å². The SMILES string of the molecule is CNCc1sccc1S(=O)(=O)Nc1nc(C2CC2)cs1. The number of hydrogen-bond donors (Lipinski definition) is 2. The van der Waals surface area contributed by atoms with E-state index in [1.807, 2.05) is 5.38 Å². The lowest BCUT2D eigenvalue weighted by atomic mass is 10.3. The molecule has 0 aromatic carbocycles. The fourth-order valence-electron chi connectivity index (χ4n) is 1.93. The number of hydrogen-bond acceptors (Lipinski definition) is 6. The maximum atomic E-state index is 12.4. The number of nitrogens with one attached hydrogen (secondary N) is 2. The van der Waals surface area contributed by atoms with E-state index < -0.39 is 10.0 Å². The summed E-state index contributed by atoms with van der Waals surface area (Å²) in [6.45, 7) is 0.541. The molecular formula is C12H15N3O2S3. The Morgan fingerprint density at radius 3 is 2.90 bits per heavy atom. The number of rotatable bonds is 6. The van der Waals surface area contributed by atoms with Crippen molar-refractivity contribution in [1.82, 2.24) is 10.3 Å². The molecule has 1 fully saturated rings. The summed E-state index contributed by atoms with van der Waals surface area (Å²) >= 11 is 2.78. The van der Waals surface area contributed by atoms with Crippen molar-refractivity contribution in [3.05, 3.63) is 27.4 Å². The van der Waals surface area contributed by atoms with Gasteiger partial charge in [-0.05, 0) is 31.3 Å². The van der Waals surface area contributed by atoms with Crippen LogP contribution in [0.5, 0.6) is 0 Å². The molecule has 2 aromatic rings. The van der Waals surface area contributed by atoms with Crippen molar-refractivity contribution >= 4 is 37.8 Å². The third-order valence-corrected chi connectivity index (χ3v) is 6.45. The Labute approximate surface area is 126 Å². The standard InChI is InChI=1S/C12H15N3O2S3/c1-13-6-10-11(4-5-18-10)20(16,17)15-12-14-9(7-19-12)8-2-3-8/h4-5,7-8,13H,2-3,6H2,1H3,(H,14,15). The van der Waals surface area contributed by atoms with Crippen LogP contribution < -0.4 is 10.0 Å². The van der Waals surface area contributed by atoms with Crippen LogP contribution >= 0.6 is 22.7 Å². The Morgan fingerprint density at radius 1 is 1.40 bits per heavy atom. The van der Waals surface area contributed by atoms with Gasteiger partial charge in [0.2, 0.25) is 0 Å². The van der Waals surface area contributed by atoms with Crippen LogP contribution in [0.25, 0.3) is 0 Å². The highest BCUT2D eigenvalue weighted by Gasteiger charge is 2.27. The molecular weight excluding hydrogens is 314 g/mol. The minimum Gasteiger partial charge on any atom is -0.315 e. The lowest BCUT2D eigenvalue weighted by molar-refractivity contribution is 0.600. The first-order valence-electron chi connectivity index (χ1n) is 6.29. The average Bonchev–Trinajstić information content (AvgIpc) is 2.95. The molecule has 1 aliphatic carbocycles. The van der Waals surface area contributed by atoms with E-state index in [2.05, 4.69) is 15.0 Å². The Kier molecular flexibility index (Phi) is 3.80. The fraction of sp³-hybridized carbons (Fsp3) is 0.417. The molecule has 0 bridgehead atoms. The summed E-state index contributed by atoms with van der Waals surface area (Å²) < 4.78 is 27.4. The summed E-state index contributed by atoms with van der Waals surface area (Å²) in [5.41, 5.74) is 1.01. The minimum absolute atomic E-state index is 0.333. The van der Waals surface area contributed by atoms with Gasteiger partial charge in [0.25, 0.3) is 10.0 Å². The van der Waals surface area contributed by atoms with E-state index in [1.165, 1.54) is 22.7 Å². The monoisotopic (exact) mass is 329 g/mol. The molecule has 2 heterocycles. The summed E-state index contributed by atoms with van der Waals surface area (Å²) in [5, 5.41) is 7.16. The smallest absolute Gasteiger partial charge is 0.264 e. The quantitative estimate of drug-likeness (QED) is 0.854. The zero-order valence-corrected chi connectivity index (χ0v) is 13.4. The molecule has 0 aliphatic heterocycles. The molecule has 0 amide bonds. The molecule has 108 valence electrons. The number of thiazole rings is 1. The van der Waals surface area contributed by atoms with Crippen LogP contribution in [0.3, 0.4) is 0 Å². The number of sulfonamides is 1. The second kappa shape index (κ2) is 5.44. The van der Waals surface area contributed by atoms with Gasteiger partial charge in [0.1, 0.15) is 4.90 Å². The summed E-state index contributed by atoms with van der Waals surface area (Å²) in [6.07, 6.45) is 2.32. The molecule has 3 rings (SSSR count). The van der Waals surface area contributed by atoms with Crippen molar-refractivity contribution < 1.29 is 8.42 Å². The van der Waals surface area contributed by atoms with Crippen LogP contribution in [-0.2, 0) is 16.6 Å². The van der Waals surface area contributed by atoms with Crippen LogP contribution in [0.15, 0.2) is 21.7 Å². The molecule has 2 N–H and O–H groups in total. The van der Waals surface area contributed by atoms with Crippen molar-refractivity contribution in [2.24, 2.45) is 0 Å². The zero-order valence-electron chi connectivity index (χ0n) is 10.9. The largest absolute Gasteiger partial charge is 0.315 e. The number of thiophene rings is 1. The molecule has 1 saturated carbocycles. The van der Waals surface area contributed by atoms with Crippen LogP contribution in [0.2, 0.25) is 0 Å². The highest BCUT2D eigenvalue weighted by Crippen LogP contribution is 2.41. The van der Waals surface area contributed by atoms with Gasteiger partial charge in [0, 0.05) is 22.7 Å². The van der Waals surface area contributed by atoms with Gasteiger partial charge in [-0.25, -0.2) is 13.4 Å². The van der Waals surface area contributed by atoms with Crippen molar-refractivity contribution in [1.29, 1.82) is 0 Å². The van der Waals surface area contributed by atoms with Gasteiger partial charge in [-0.2, -0.15) is 0 Å². The first kappa shape index (κ1) is 14.0. The lowest BCUT2D eigenvalue weighted by Crippen LogP contribution is -2.15. The van der Waals surface area contributed by atoms with Crippen molar-refractivity contribution in [3.63, 3.8) is 0 Å². The lowest BCUT2D eigenvalue weighted by Gasteiger charge is -2.06. The molecule has 8 heteroatoms. The van der Waals surface area contributed by atoms with Crippen molar-refractivity contribution in [2.45, 2.75) is 30.2 Å². The molecule has 0 spiro atoms. The van der Waals surface area contributed by atoms with E-state index in [0.717, 1.165) is 23.4 Å². The third-order valence-electron chi connectivity index (χ3n) is 3.07. The Morgan fingerprint density at radius 2 is 2.20 bits per heavy atom. The van der Waals surface area contributed by atoms with Gasteiger partial charge in [-0.1, -0.05) is 0 Å². The van der Waals surface area contributed by atoms with Gasteiger partial charge in [0.15, 0.2) is 5.13 Å². The summed E-state index contributed by atoms with van der Waals surface area (Å²) in [4.78, 5) is 5.50. The van der Waals surface area contributed by atoms with Gasteiger partial charge in [-0.15, -0.1) is 22.7 Å². The van der Waals surface area contributed by atoms with Gasteiger partial charge < -0.3 is 5.32 Å². The molecule has 0 radical (unpaired) electrons. The molecule has 0 atom stereocenters. The topological polar surface area (TPSA) is 71.1 Å². The number of aromatic nitrogens is 1. The minimum atomic E-state index is -3.55. The van der Waals surface area contributed by atoms with Crippen molar-refractivity contribution in [2.75, 3.05) is 11.8 Å². The first-order chi connectivity index (χ1) is 9.60. The molecule has 1 aliphatic rings. The zero-order chi connectivity index (χ0) is 14.2. The maximum Gasteiger partial charge on any atom is 0.264 e. The predicted octanol–water partition coefficient (Wildman–Crippen LogP) is 2.60. The highest BCUT2D eigenvalue weighted by molar-refractivity contribution is 7.93. The van der Waals surface area contributed by atoms with Gasteiger partial charge in [0.05, 0.1) is 5.69 Å². The summed E-state index contributed by atoms with van der Waals surface area (Å²) in [7, 11) is -1.75.